The predicted octanol–water partition coefficient (Wildman–Crippen LogP) is 0.135. The molecule has 2 nitrogen and oxygen atoms in total. The molecule has 0 aliphatic carbocycles. The van der Waals surface area contributed by atoms with E-state index in [4.69, 9.17) is 5.11 Å². The van der Waals surface area contributed by atoms with Crippen LogP contribution in [-0.4, -0.2) is 36.8 Å². The molecule has 0 saturated carbocycles. The molecule has 1 rings (SSSR count). The second kappa shape index (κ2) is 3.18. The van der Waals surface area contributed by atoms with Crippen LogP contribution in [-0.2, 0) is 0 Å². The first-order valence-electron chi connectivity index (χ1n) is 3.44. The van der Waals surface area contributed by atoms with Crippen molar-refractivity contribution in [1.29, 1.82) is 0 Å². The third kappa shape index (κ3) is 1.95. The Morgan fingerprint density at radius 3 is 3.00 bits per heavy atom. The van der Waals surface area contributed by atoms with E-state index in [9.17, 15) is 0 Å². The average Bonchev–Trinajstić information content (AvgIpc) is 1.88. The molecule has 1 saturated heterocycles. The van der Waals surface area contributed by atoms with Gasteiger partial charge in [0.1, 0.15) is 0 Å². The molecule has 1 unspecified atom stereocenters. The van der Waals surface area contributed by atoms with Gasteiger partial charge in [0.05, 0.1) is 0 Å². The van der Waals surface area contributed by atoms with Crippen molar-refractivity contribution in [1.82, 2.24) is 4.90 Å². The lowest BCUT2D eigenvalue weighted by atomic mass is 10.00. The molecular formula is C7H14NO. The second-order valence-corrected chi connectivity index (χ2v) is 2.79. The largest absolute Gasteiger partial charge is 0.396 e. The minimum atomic E-state index is 0.334. The van der Waals surface area contributed by atoms with Gasteiger partial charge >= 0.3 is 0 Å². The van der Waals surface area contributed by atoms with Crippen LogP contribution in [0.25, 0.3) is 0 Å². The molecular weight excluding hydrogens is 114 g/mol. The molecule has 1 radical (unpaired) electrons. The van der Waals surface area contributed by atoms with Crippen molar-refractivity contribution < 1.29 is 5.11 Å². The average molecular weight is 128 g/mol. The normalized spacial score (nSPS) is 30.7. The van der Waals surface area contributed by atoms with E-state index in [2.05, 4.69) is 18.4 Å². The van der Waals surface area contributed by atoms with Gasteiger partial charge in [-0.1, -0.05) is 0 Å². The van der Waals surface area contributed by atoms with E-state index < -0.39 is 0 Å². The van der Waals surface area contributed by atoms with Crippen LogP contribution in [0.1, 0.15) is 6.42 Å². The van der Waals surface area contributed by atoms with Gasteiger partial charge in [-0.2, -0.15) is 0 Å². The third-order valence-electron chi connectivity index (χ3n) is 1.77. The van der Waals surface area contributed by atoms with E-state index in [1.54, 1.807) is 0 Å². The number of rotatable bonds is 1. The van der Waals surface area contributed by atoms with E-state index >= 15 is 0 Å². The minimum absolute atomic E-state index is 0.334. The fourth-order valence-electron chi connectivity index (χ4n) is 1.25. The summed E-state index contributed by atoms with van der Waals surface area (Å²) < 4.78 is 0. The summed E-state index contributed by atoms with van der Waals surface area (Å²) in [5.74, 6) is 0.490. The molecule has 0 spiro atoms. The Bertz CT molecular complexity index is 85.0. The van der Waals surface area contributed by atoms with Gasteiger partial charge in [-0.25, -0.2) is 0 Å². The van der Waals surface area contributed by atoms with Gasteiger partial charge < -0.3 is 10.0 Å². The van der Waals surface area contributed by atoms with Gasteiger partial charge in [-0.3, -0.25) is 0 Å². The Morgan fingerprint density at radius 2 is 2.56 bits per heavy atom. The zero-order valence-corrected chi connectivity index (χ0v) is 5.88. The lowest BCUT2D eigenvalue weighted by molar-refractivity contribution is 0.161. The summed E-state index contributed by atoms with van der Waals surface area (Å²) in [5.41, 5.74) is 0. The molecule has 1 N–H and O–H groups in total. The minimum Gasteiger partial charge on any atom is -0.396 e. The summed E-state index contributed by atoms with van der Waals surface area (Å²) in [6.07, 6.45) is 3.31. The number of piperidine rings is 1. The summed E-state index contributed by atoms with van der Waals surface area (Å²) in [7, 11) is 2.08. The number of nitrogens with zero attached hydrogens (tertiary/aromatic N) is 1. The summed E-state index contributed by atoms with van der Waals surface area (Å²) in [6.45, 7) is 2.46. The summed E-state index contributed by atoms with van der Waals surface area (Å²) in [4.78, 5) is 2.23. The van der Waals surface area contributed by atoms with Crippen LogP contribution in [0.15, 0.2) is 0 Å². The quantitative estimate of drug-likeness (QED) is 0.543. The molecule has 1 aliphatic rings. The topological polar surface area (TPSA) is 23.5 Å². The Kier molecular flexibility index (Phi) is 2.49. The summed E-state index contributed by atoms with van der Waals surface area (Å²) >= 11 is 0. The number of aliphatic hydroxyl groups excluding tert-OH is 1. The Hall–Kier alpha value is -0.0800. The van der Waals surface area contributed by atoms with E-state index in [-0.39, 0.29) is 0 Å². The summed E-state index contributed by atoms with van der Waals surface area (Å²) in [5, 5.41) is 8.76. The molecule has 1 fully saturated rings. The van der Waals surface area contributed by atoms with Crippen LogP contribution in [0, 0.1) is 12.3 Å². The molecule has 0 bridgehead atoms. The van der Waals surface area contributed by atoms with Crippen LogP contribution in [0.5, 0.6) is 0 Å². The molecule has 1 heterocycles. The zero-order chi connectivity index (χ0) is 6.69. The third-order valence-corrected chi connectivity index (χ3v) is 1.77. The van der Waals surface area contributed by atoms with E-state index in [0.717, 1.165) is 19.5 Å². The number of aliphatic hydroxyl groups is 1. The highest BCUT2D eigenvalue weighted by atomic mass is 16.3. The van der Waals surface area contributed by atoms with Gasteiger partial charge in [0.15, 0.2) is 0 Å². The number of likely N-dealkylation sites (tertiary alicyclic amines) is 1. The van der Waals surface area contributed by atoms with E-state index in [1.165, 1.54) is 0 Å². The Labute approximate surface area is 56.5 Å². The monoisotopic (exact) mass is 128 g/mol. The highest BCUT2D eigenvalue weighted by molar-refractivity contribution is 4.81. The van der Waals surface area contributed by atoms with E-state index in [1.807, 2.05) is 0 Å². The first-order valence-corrected chi connectivity index (χ1v) is 3.44. The standard InChI is InChI=1S/C7H14NO/c1-8-4-2-3-7(5-8)6-9/h2,7,9H,3-6H2,1H3. The molecule has 53 valence electrons. The van der Waals surface area contributed by atoms with Crippen LogP contribution in [0.2, 0.25) is 0 Å². The highest BCUT2D eigenvalue weighted by Gasteiger charge is 2.15. The first kappa shape index (κ1) is 7.03. The smallest absolute Gasteiger partial charge is 0.0471 e. The zero-order valence-electron chi connectivity index (χ0n) is 5.88. The van der Waals surface area contributed by atoms with Crippen molar-refractivity contribution in [3.8, 4) is 0 Å². The van der Waals surface area contributed by atoms with Crippen molar-refractivity contribution in [2.24, 2.45) is 5.92 Å². The molecule has 2 heteroatoms. The van der Waals surface area contributed by atoms with Gasteiger partial charge in [-0.05, 0) is 25.8 Å². The summed E-state index contributed by atoms with van der Waals surface area (Å²) in [6, 6.07) is 0. The van der Waals surface area contributed by atoms with Crippen molar-refractivity contribution in [3.63, 3.8) is 0 Å². The lowest BCUT2D eigenvalue weighted by Crippen LogP contribution is -2.33. The molecule has 0 aromatic heterocycles. The van der Waals surface area contributed by atoms with Crippen molar-refractivity contribution in [2.75, 3.05) is 26.7 Å². The lowest BCUT2D eigenvalue weighted by Gasteiger charge is -2.27. The Morgan fingerprint density at radius 1 is 1.78 bits per heavy atom. The van der Waals surface area contributed by atoms with Gasteiger partial charge in [-0.15, -0.1) is 0 Å². The van der Waals surface area contributed by atoms with Crippen molar-refractivity contribution in [2.45, 2.75) is 6.42 Å². The van der Waals surface area contributed by atoms with Crippen LogP contribution >= 0.6 is 0 Å². The van der Waals surface area contributed by atoms with Crippen molar-refractivity contribution in [3.05, 3.63) is 6.42 Å². The predicted molar refractivity (Wildman–Crippen MR) is 37.0 cm³/mol. The van der Waals surface area contributed by atoms with Crippen LogP contribution in [0.4, 0.5) is 0 Å². The van der Waals surface area contributed by atoms with Gasteiger partial charge in [0.2, 0.25) is 0 Å². The fraction of sp³-hybridized carbons (Fsp3) is 0.857. The van der Waals surface area contributed by atoms with Crippen molar-refractivity contribution >= 4 is 0 Å². The fourth-order valence-corrected chi connectivity index (χ4v) is 1.25. The molecule has 1 aliphatic heterocycles. The molecule has 1 atom stereocenters. The van der Waals surface area contributed by atoms with Gasteiger partial charge in [0.25, 0.3) is 0 Å². The first-order chi connectivity index (χ1) is 4.33. The highest BCUT2D eigenvalue weighted by Crippen LogP contribution is 2.12. The van der Waals surface area contributed by atoms with Crippen LogP contribution < -0.4 is 0 Å². The maximum absolute atomic E-state index is 8.76. The number of hydrogen-bond acceptors (Lipinski definition) is 2. The maximum atomic E-state index is 8.76. The number of hydrogen-bond donors (Lipinski definition) is 1. The SMILES string of the molecule is CN1C[CH]CC(CO)C1. The van der Waals surface area contributed by atoms with Gasteiger partial charge in [0, 0.05) is 19.7 Å². The maximum Gasteiger partial charge on any atom is 0.0471 e. The molecule has 9 heavy (non-hydrogen) atoms. The molecule has 0 aromatic rings. The Balaban J connectivity index is 2.23. The second-order valence-electron chi connectivity index (χ2n) is 2.79. The van der Waals surface area contributed by atoms with Crippen LogP contribution in [0.3, 0.4) is 0 Å². The van der Waals surface area contributed by atoms with E-state index in [0.29, 0.717) is 12.5 Å². The molecule has 0 aromatic carbocycles. The molecule has 0 amide bonds.